The smallest absolute Gasteiger partial charge is 0.143 e. The third-order valence-electron chi connectivity index (χ3n) is 11.0. The lowest BCUT2D eigenvalue weighted by Crippen LogP contribution is -2.09. The SMILES string of the molecule is C=Cc1c(/C=C\C)oc2c(-c3ccc(N(c4ccc(-c5ccc(-c6ccccc6)cc5)cc4)c4ccc(-c5cccc6c5oc5ccccc56)cc4)cc3)cccc12. The van der Waals surface area contributed by atoms with E-state index in [1.165, 1.54) is 16.7 Å². The van der Waals surface area contributed by atoms with Gasteiger partial charge in [0.1, 0.15) is 22.5 Å². The minimum atomic E-state index is 0.818. The Hall–Kier alpha value is -7.62. The van der Waals surface area contributed by atoms with Crippen molar-refractivity contribution in [3.63, 3.8) is 0 Å². The van der Waals surface area contributed by atoms with E-state index in [-0.39, 0.29) is 0 Å². The Kier molecular flexibility index (Phi) is 8.89. The van der Waals surface area contributed by atoms with Crippen LogP contribution in [0.25, 0.3) is 89.6 Å². The van der Waals surface area contributed by atoms with Gasteiger partial charge in [-0.15, -0.1) is 0 Å². The second-order valence-electron chi connectivity index (χ2n) is 14.5. The van der Waals surface area contributed by atoms with Gasteiger partial charge in [0.15, 0.2) is 0 Å². The van der Waals surface area contributed by atoms with Crippen molar-refractivity contribution in [3.05, 3.63) is 212 Å². The zero-order valence-corrected chi connectivity index (χ0v) is 32.1. The lowest BCUT2D eigenvalue weighted by atomic mass is 9.99. The highest BCUT2D eigenvalue weighted by Gasteiger charge is 2.18. The van der Waals surface area contributed by atoms with Crippen LogP contribution >= 0.6 is 0 Å². The third kappa shape index (κ3) is 6.20. The number of rotatable bonds is 9. The molecular formula is C55H39NO2. The zero-order valence-electron chi connectivity index (χ0n) is 32.1. The number of hydrogen-bond acceptors (Lipinski definition) is 3. The largest absolute Gasteiger partial charge is 0.455 e. The minimum absolute atomic E-state index is 0.818. The van der Waals surface area contributed by atoms with Crippen molar-refractivity contribution in [1.29, 1.82) is 0 Å². The molecular weight excluding hydrogens is 707 g/mol. The molecule has 3 heteroatoms. The molecule has 0 saturated carbocycles. The lowest BCUT2D eigenvalue weighted by Gasteiger charge is -2.26. The summed E-state index contributed by atoms with van der Waals surface area (Å²) in [6.45, 7) is 6.06. The molecule has 3 nitrogen and oxygen atoms in total. The first-order chi connectivity index (χ1) is 28.7. The number of hydrogen-bond donors (Lipinski definition) is 0. The van der Waals surface area contributed by atoms with Crippen molar-refractivity contribution in [3.8, 4) is 44.5 Å². The molecule has 0 amide bonds. The third-order valence-corrected chi connectivity index (χ3v) is 11.0. The molecule has 10 aromatic rings. The predicted molar refractivity (Wildman–Crippen MR) is 245 cm³/mol. The topological polar surface area (TPSA) is 29.5 Å². The van der Waals surface area contributed by atoms with Crippen molar-refractivity contribution in [2.45, 2.75) is 6.92 Å². The van der Waals surface area contributed by atoms with Crippen LogP contribution in [0, 0.1) is 0 Å². The second kappa shape index (κ2) is 14.8. The van der Waals surface area contributed by atoms with Crippen LogP contribution in [0.1, 0.15) is 18.2 Å². The normalized spacial score (nSPS) is 11.5. The van der Waals surface area contributed by atoms with Gasteiger partial charge in [-0.25, -0.2) is 0 Å². The second-order valence-corrected chi connectivity index (χ2v) is 14.5. The zero-order chi connectivity index (χ0) is 39.0. The van der Waals surface area contributed by atoms with Crippen LogP contribution < -0.4 is 4.90 Å². The summed E-state index contributed by atoms with van der Waals surface area (Å²) in [6, 6.07) is 66.6. The van der Waals surface area contributed by atoms with Crippen molar-refractivity contribution in [1.82, 2.24) is 0 Å². The molecule has 0 aliphatic carbocycles. The molecule has 8 aromatic carbocycles. The number of fused-ring (bicyclic) bond motifs is 4. The quantitative estimate of drug-likeness (QED) is 0.147. The van der Waals surface area contributed by atoms with E-state index in [0.29, 0.717) is 0 Å². The van der Waals surface area contributed by atoms with Gasteiger partial charge in [0, 0.05) is 49.9 Å². The summed E-state index contributed by atoms with van der Waals surface area (Å²) in [7, 11) is 0. The molecule has 0 aliphatic heterocycles. The van der Waals surface area contributed by atoms with Gasteiger partial charge in [-0.3, -0.25) is 0 Å². The fourth-order valence-electron chi connectivity index (χ4n) is 8.16. The fourth-order valence-corrected chi connectivity index (χ4v) is 8.16. The van der Waals surface area contributed by atoms with Gasteiger partial charge in [-0.2, -0.15) is 0 Å². The highest BCUT2D eigenvalue weighted by molar-refractivity contribution is 6.09. The Balaban J connectivity index is 1.03. The summed E-state index contributed by atoms with van der Waals surface area (Å²) in [5.74, 6) is 0.818. The van der Waals surface area contributed by atoms with E-state index in [9.17, 15) is 0 Å². The van der Waals surface area contributed by atoms with Crippen molar-refractivity contribution in [2.75, 3.05) is 4.90 Å². The average molecular weight is 746 g/mol. The first-order valence-corrected chi connectivity index (χ1v) is 19.6. The van der Waals surface area contributed by atoms with E-state index in [1.54, 1.807) is 0 Å². The van der Waals surface area contributed by atoms with E-state index in [4.69, 9.17) is 8.83 Å². The Bertz CT molecular complexity index is 3090. The van der Waals surface area contributed by atoms with Gasteiger partial charge in [0.2, 0.25) is 0 Å². The van der Waals surface area contributed by atoms with Gasteiger partial charge in [0.25, 0.3) is 0 Å². The van der Waals surface area contributed by atoms with E-state index in [2.05, 4.69) is 187 Å². The molecule has 2 heterocycles. The van der Waals surface area contributed by atoms with E-state index < -0.39 is 0 Å². The first-order valence-electron chi connectivity index (χ1n) is 19.6. The number of para-hydroxylation sites is 3. The molecule has 0 unspecified atom stereocenters. The molecule has 10 rings (SSSR count). The maximum atomic E-state index is 6.43. The van der Waals surface area contributed by atoms with Crippen molar-refractivity contribution < 1.29 is 8.83 Å². The first kappa shape index (κ1) is 34.8. The van der Waals surface area contributed by atoms with Gasteiger partial charge in [-0.1, -0.05) is 164 Å². The Morgan fingerprint density at radius 2 is 0.862 bits per heavy atom. The van der Waals surface area contributed by atoms with Crippen LogP contribution in [0.2, 0.25) is 0 Å². The van der Waals surface area contributed by atoms with Crippen LogP contribution in [0.3, 0.4) is 0 Å². The van der Waals surface area contributed by atoms with Gasteiger partial charge < -0.3 is 13.7 Å². The van der Waals surface area contributed by atoms with Gasteiger partial charge in [0.05, 0.1) is 0 Å². The minimum Gasteiger partial charge on any atom is -0.455 e. The molecule has 0 atom stereocenters. The maximum absolute atomic E-state index is 6.43. The highest BCUT2D eigenvalue weighted by Crippen LogP contribution is 2.41. The number of anilines is 3. The molecule has 0 radical (unpaired) electrons. The molecule has 0 N–H and O–H groups in total. The number of furan rings is 2. The maximum Gasteiger partial charge on any atom is 0.143 e. The molecule has 0 aliphatic rings. The monoisotopic (exact) mass is 745 g/mol. The fraction of sp³-hybridized carbons (Fsp3) is 0.0182. The van der Waals surface area contributed by atoms with E-state index in [1.807, 2.05) is 37.3 Å². The lowest BCUT2D eigenvalue weighted by molar-refractivity contribution is 0.604. The Morgan fingerprint density at radius 1 is 0.414 bits per heavy atom. The summed E-state index contributed by atoms with van der Waals surface area (Å²) < 4.78 is 12.8. The van der Waals surface area contributed by atoms with E-state index in [0.717, 1.165) is 89.1 Å². The van der Waals surface area contributed by atoms with Crippen molar-refractivity contribution >= 4 is 62.1 Å². The van der Waals surface area contributed by atoms with Crippen LogP contribution in [-0.4, -0.2) is 0 Å². The summed E-state index contributed by atoms with van der Waals surface area (Å²) in [6.07, 6.45) is 5.86. The Labute approximate surface area is 338 Å². The van der Waals surface area contributed by atoms with E-state index >= 15 is 0 Å². The molecule has 0 saturated heterocycles. The number of nitrogens with zero attached hydrogens (tertiary/aromatic N) is 1. The average Bonchev–Trinajstić information content (AvgIpc) is 3.86. The summed E-state index contributed by atoms with van der Waals surface area (Å²) >= 11 is 0. The van der Waals surface area contributed by atoms with Crippen LogP contribution in [0.15, 0.2) is 210 Å². The predicted octanol–water partition coefficient (Wildman–Crippen LogP) is 16.1. The highest BCUT2D eigenvalue weighted by atomic mass is 16.3. The Morgan fingerprint density at radius 3 is 1.41 bits per heavy atom. The molecule has 2 aromatic heterocycles. The summed E-state index contributed by atoms with van der Waals surface area (Å²) in [5, 5.41) is 3.31. The molecule has 0 fully saturated rings. The van der Waals surface area contributed by atoms with Crippen LogP contribution in [0.5, 0.6) is 0 Å². The molecule has 0 spiro atoms. The molecule has 276 valence electrons. The van der Waals surface area contributed by atoms with Crippen LogP contribution in [-0.2, 0) is 0 Å². The van der Waals surface area contributed by atoms with Gasteiger partial charge >= 0.3 is 0 Å². The number of allylic oxidation sites excluding steroid dienone is 1. The molecule has 58 heavy (non-hydrogen) atoms. The van der Waals surface area contributed by atoms with Gasteiger partial charge in [-0.05, 0) is 88.8 Å². The van der Waals surface area contributed by atoms with Crippen LogP contribution in [0.4, 0.5) is 17.1 Å². The standard InChI is InChI=1S/C55H39NO2/c1-3-12-52-46(4-2)50-18-10-16-47(54(50)57-52)41-27-33-44(34-28-41)56(43-31-25-40(26-32-43)39-23-21-38(22-24-39)37-13-6-5-7-14-37)45-35-29-42(30-36-45)48-17-11-19-51-49-15-8-9-20-53(49)58-55(48)51/h3-36H,2H2,1H3/b12-3-. The molecule has 0 bridgehead atoms. The summed E-state index contributed by atoms with van der Waals surface area (Å²) in [4.78, 5) is 2.31. The number of benzene rings is 8. The van der Waals surface area contributed by atoms with Crippen molar-refractivity contribution in [2.24, 2.45) is 0 Å². The summed E-state index contributed by atoms with van der Waals surface area (Å²) in [5.41, 5.74) is 15.9.